The summed E-state index contributed by atoms with van der Waals surface area (Å²) in [6.45, 7) is 2.02. The third-order valence-electron chi connectivity index (χ3n) is 4.27. The van der Waals surface area contributed by atoms with E-state index in [1.165, 1.54) is 11.8 Å². The average molecular weight is 341 g/mol. The van der Waals surface area contributed by atoms with Gasteiger partial charge >= 0.3 is 0 Å². The maximum atomic E-state index is 12.2. The van der Waals surface area contributed by atoms with Crippen molar-refractivity contribution in [2.45, 2.75) is 43.3 Å². The molecule has 124 valence electrons. The number of carbonyl (C=O) groups excluding carboxylic acids is 1. The number of rotatable bonds is 5. The highest BCUT2D eigenvalue weighted by Gasteiger charge is 2.35. The van der Waals surface area contributed by atoms with Crippen LogP contribution in [0.1, 0.15) is 31.2 Å². The molecule has 1 amide bonds. The number of hydrogen-bond donors (Lipinski definition) is 1. The van der Waals surface area contributed by atoms with E-state index >= 15 is 0 Å². The number of benzene rings is 1. The third kappa shape index (κ3) is 3.44. The Morgan fingerprint density at radius 2 is 2.17 bits per heavy atom. The van der Waals surface area contributed by atoms with Crippen molar-refractivity contribution in [3.05, 3.63) is 36.2 Å². The number of nitrogens with zero attached hydrogens (tertiary/aromatic N) is 4. The second kappa shape index (κ2) is 7.05. The van der Waals surface area contributed by atoms with Gasteiger partial charge in [-0.25, -0.2) is 0 Å². The van der Waals surface area contributed by atoms with Gasteiger partial charge in [-0.3, -0.25) is 9.36 Å². The largest absolute Gasteiger partial charge is 0.337 e. The first-order chi connectivity index (χ1) is 11.6. The Kier molecular flexibility index (Phi) is 4.86. The summed E-state index contributed by atoms with van der Waals surface area (Å²) in [7, 11) is 0. The minimum absolute atomic E-state index is 0.136. The molecule has 1 heterocycles. The zero-order valence-electron chi connectivity index (χ0n) is 13.5. The molecule has 6 nitrogen and oxygen atoms in total. The Hall–Kier alpha value is -2.33. The maximum Gasteiger partial charge on any atom is 0.231 e. The first kappa shape index (κ1) is 16.5. The topological polar surface area (TPSA) is 83.6 Å². The van der Waals surface area contributed by atoms with E-state index in [1.807, 2.05) is 35.8 Å². The van der Waals surface area contributed by atoms with Crippen molar-refractivity contribution in [3.63, 3.8) is 0 Å². The number of para-hydroxylation sites is 1. The third-order valence-corrected chi connectivity index (χ3v) is 5.22. The summed E-state index contributed by atoms with van der Waals surface area (Å²) in [5, 5.41) is 21.0. The van der Waals surface area contributed by atoms with Gasteiger partial charge in [0.25, 0.3) is 0 Å². The van der Waals surface area contributed by atoms with Gasteiger partial charge in [-0.05, 0) is 44.2 Å². The summed E-state index contributed by atoms with van der Waals surface area (Å²) in [6, 6.07) is 10.2. The van der Waals surface area contributed by atoms with E-state index in [2.05, 4.69) is 21.6 Å². The van der Waals surface area contributed by atoms with Crippen LogP contribution in [0.25, 0.3) is 5.69 Å². The quantitative estimate of drug-likeness (QED) is 0.845. The minimum Gasteiger partial charge on any atom is -0.337 e. The van der Waals surface area contributed by atoms with Crippen molar-refractivity contribution in [3.8, 4) is 11.8 Å². The van der Waals surface area contributed by atoms with Crippen LogP contribution in [0.4, 0.5) is 0 Å². The van der Waals surface area contributed by atoms with Crippen LogP contribution >= 0.6 is 11.8 Å². The number of carbonyl (C=O) groups is 1. The molecule has 1 aliphatic rings. The van der Waals surface area contributed by atoms with Crippen molar-refractivity contribution < 1.29 is 4.79 Å². The first-order valence-corrected chi connectivity index (χ1v) is 8.93. The molecule has 2 aromatic rings. The highest BCUT2D eigenvalue weighted by molar-refractivity contribution is 7.99. The molecule has 3 rings (SSSR count). The molecule has 0 saturated heterocycles. The van der Waals surface area contributed by atoms with E-state index in [0.29, 0.717) is 5.16 Å². The van der Waals surface area contributed by atoms with Crippen molar-refractivity contribution in [2.24, 2.45) is 0 Å². The molecule has 0 unspecified atom stereocenters. The Bertz CT molecular complexity index is 773. The Balaban J connectivity index is 1.66. The summed E-state index contributed by atoms with van der Waals surface area (Å²) >= 11 is 1.33. The summed E-state index contributed by atoms with van der Waals surface area (Å²) in [5.74, 6) is 0.0800. The van der Waals surface area contributed by atoms with Gasteiger partial charge in [-0.2, -0.15) is 5.26 Å². The molecule has 24 heavy (non-hydrogen) atoms. The molecular weight excluding hydrogens is 322 g/mol. The molecule has 0 spiro atoms. The van der Waals surface area contributed by atoms with Crippen LogP contribution in [0.5, 0.6) is 0 Å². The van der Waals surface area contributed by atoms with Gasteiger partial charge in [0.05, 0.1) is 17.5 Å². The second-order valence-electron chi connectivity index (χ2n) is 6.01. The first-order valence-electron chi connectivity index (χ1n) is 7.95. The van der Waals surface area contributed by atoms with Gasteiger partial charge in [0.1, 0.15) is 11.9 Å². The lowest BCUT2D eigenvalue weighted by Crippen LogP contribution is -2.45. The van der Waals surface area contributed by atoms with E-state index in [4.69, 9.17) is 0 Å². The smallest absolute Gasteiger partial charge is 0.231 e. The number of aryl methyl sites for hydroxylation is 1. The number of amides is 1. The van der Waals surface area contributed by atoms with Crippen LogP contribution < -0.4 is 5.32 Å². The fourth-order valence-electron chi connectivity index (χ4n) is 3.00. The molecule has 0 bridgehead atoms. The minimum atomic E-state index is -0.679. The molecule has 0 radical (unpaired) electrons. The van der Waals surface area contributed by atoms with Gasteiger partial charge in [0.15, 0.2) is 5.16 Å². The zero-order chi connectivity index (χ0) is 17.0. The van der Waals surface area contributed by atoms with Crippen LogP contribution in [0.3, 0.4) is 0 Å². The summed E-state index contributed by atoms with van der Waals surface area (Å²) in [5.41, 5.74) is 1.43. The van der Waals surface area contributed by atoms with E-state index < -0.39 is 5.54 Å². The van der Waals surface area contributed by atoms with Crippen LogP contribution in [0, 0.1) is 18.3 Å². The van der Waals surface area contributed by atoms with Crippen molar-refractivity contribution in [1.29, 1.82) is 5.26 Å². The lowest BCUT2D eigenvalue weighted by Gasteiger charge is -2.21. The van der Waals surface area contributed by atoms with Crippen molar-refractivity contribution in [1.82, 2.24) is 20.1 Å². The van der Waals surface area contributed by atoms with Crippen molar-refractivity contribution in [2.75, 3.05) is 5.75 Å². The van der Waals surface area contributed by atoms with Gasteiger partial charge in [0.2, 0.25) is 5.91 Å². The summed E-state index contributed by atoms with van der Waals surface area (Å²) in [6.07, 6.45) is 5.10. The number of nitriles is 1. The van der Waals surface area contributed by atoms with Crippen LogP contribution in [-0.4, -0.2) is 32.0 Å². The van der Waals surface area contributed by atoms with E-state index in [0.717, 1.165) is 36.9 Å². The van der Waals surface area contributed by atoms with Crippen LogP contribution in [0.2, 0.25) is 0 Å². The second-order valence-corrected chi connectivity index (χ2v) is 6.95. The summed E-state index contributed by atoms with van der Waals surface area (Å²) < 4.78 is 1.88. The number of thioether (sulfide) groups is 1. The number of nitrogens with one attached hydrogen (secondary N) is 1. The number of aromatic nitrogens is 3. The normalized spacial score (nSPS) is 15.8. The lowest BCUT2D eigenvalue weighted by molar-refractivity contribution is -0.119. The lowest BCUT2D eigenvalue weighted by atomic mass is 10.0. The van der Waals surface area contributed by atoms with Gasteiger partial charge in [-0.1, -0.05) is 30.0 Å². The van der Waals surface area contributed by atoms with Crippen LogP contribution in [0.15, 0.2) is 35.7 Å². The van der Waals surface area contributed by atoms with E-state index in [9.17, 15) is 10.1 Å². The standard InChI is InChI=1S/C17H19N5OS/c1-13-6-2-3-7-14(13)22-12-19-21-16(22)24-10-15(23)20-17(11-18)8-4-5-9-17/h2-3,6-7,12H,4-5,8-10H2,1H3,(H,20,23). The van der Waals surface area contributed by atoms with E-state index in [1.54, 1.807) is 6.33 Å². The van der Waals surface area contributed by atoms with Gasteiger partial charge < -0.3 is 5.32 Å². The molecule has 1 aromatic carbocycles. The molecule has 1 N–H and O–H groups in total. The highest BCUT2D eigenvalue weighted by atomic mass is 32.2. The van der Waals surface area contributed by atoms with Gasteiger partial charge in [-0.15, -0.1) is 10.2 Å². The SMILES string of the molecule is Cc1ccccc1-n1cnnc1SCC(=O)NC1(C#N)CCCC1. The Morgan fingerprint density at radius 1 is 1.42 bits per heavy atom. The maximum absolute atomic E-state index is 12.2. The summed E-state index contributed by atoms with van der Waals surface area (Å²) in [4.78, 5) is 12.2. The predicted molar refractivity (Wildman–Crippen MR) is 91.8 cm³/mol. The Morgan fingerprint density at radius 3 is 2.88 bits per heavy atom. The number of hydrogen-bond acceptors (Lipinski definition) is 5. The molecule has 1 aromatic heterocycles. The fraction of sp³-hybridized carbons (Fsp3) is 0.412. The molecule has 0 aliphatic heterocycles. The molecule has 1 saturated carbocycles. The molecule has 0 atom stereocenters. The van der Waals surface area contributed by atoms with Crippen LogP contribution in [-0.2, 0) is 4.79 Å². The molecule has 7 heteroatoms. The van der Waals surface area contributed by atoms with E-state index in [-0.39, 0.29) is 11.7 Å². The predicted octanol–water partition coefficient (Wildman–Crippen LogP) is 2.62. The Labute approximate surface area is 145 Å². The fourth-order valence-corrected chi connectivity index (χ4v) is 3.72. The molecule has 1 fully saturated rings. The zero-order valence-corrected chi connectivity index (χ0v) is 14.3. The van der Waals surface area contributed by atoms with Gasteiger partial charge in [0, 0.05) is 0 Å². The monoisotopic (exact) mass is 341 g/mol. The van der Waals surface area contributed by atoms with Crippen molar-refractivity contribution >= 4 is 17.7 Å². The highest BCUT2D eigenvalue weighted by Crippen LogP contribution is 2.29. The molecular formula is C17H19N5OS. The molecule has 1 aliphatic carbocycles. The average Bonchev–Trinajstić information content (AvgIpc) is 3.23.